The van der Waals surface area contributed by atoms with Gasteiger partial charge in [0.05, 0.1) is 17.8 Å². The molecule has 2 aliphatic rings. The molecule has 1 aliphatic carbocycles. The number of aromatic nitrogens is 1. The molecule has 36 heavy (non-hydrogen) atoms. The fraction of sp³-hybridized carbons (Fsp3) is 0.481. The largest absolute Gasteiger partial charge is 0.443 e. The molecule has 2 N–H and O–H groups in total. The van der Waals surface area contributed by atoms with Crippen molar-refractivity contribution in [3.05, 3.63) is 63.1 Å². The van der Waals surface area contributed by atoms with E-state index in [-0.39, 0.29) is 29.6 Å². The maximum atomic E-state index is 13.3. The fourth-order valence-corrected chi connectivity index (χ4v) is 4.42. The first-order valence-corrected chi connectivity index (χ1v) is 12.4. The number of pyridine rings is 1. The van der Waals surface area contributed by atoms with Gasteiger partial charge in [0, 0.05) is 25.3 Å². The van der Waals surface area contributed by atoms with Gasteiger partial charge < -0.3 is 19.9 Å². The van der Waals surface area contributed by atoms with Crippen molar-refractivity contribution in [2.45, 2.75) is 65.6 Å². The Hall–Kier alpha value is -3.62. The normalized spacial score (nSPS) is 18.4. The maximum Gasteiger partial charge on any atom is 0.414 e. The Morgan fingerprint density at radius 1 is 1.17 bits per heavy atom. The second-order valence-electron chi connectivity index (χ2n) is 10.5. The van der Waals surface area contributed by atoms with Crippen molar-refractivity contribution >= 4 is 23.6 Å². The number of carbonyl (C=O) groups excluding carboxylic acids is 3. The Morgan fingerprint density at radius 2 is 1.89 bits per heavy atom. The molecule has 2 atom stereocenters. The highest BCUT2D eigenvalue weighted by atomic mass is 16.6. The summed E-state index contributed by atoms with van der Waals surface area (Å²) in [5, 5.41) is 5.62. The molecule has 1 aromatic carbocycles. The summed E-state index contributed by atoms with van der Waals surface area (Å²) in [6, 6.07) is 7.07. The lowest BCUT2D eigenvalue weighted by atomic mass is 10.0. The van der Waals surface area contributed by atoms with Crippen LogP contribution in [0.2, 0.25) is 0 Å². The summed E-state index contributed by atoms with van der Waals surface area (Å²) in [4.78, 5) is 53.1. The van der Waals surface area contributed by atoms with Gasteiger partial charge in [0.2, 0.25) is 0 Å². The molecule has 9 nitrogen and oxygen atoms in total. The number of amides is 3. The lowest BCUT2D eigenvalue weighted by Crippen LogP contribution is -2.35. The van der Waals surface area contributed by atoms with Gasteiger partial charge >= 0.3 is 6.09 Å². The lowest BCUT2D eigenvalue weighted by molar-refractivity contribution is 0.0583. The van der Waals surface area contributed by atoms with E-state index >= 15 is 0 Å². The SMILES string of the molecule is CCNC(=O)c1cc(C(=O)N[C@@H]2C[C@H]2C)cn(Cc2cccc3c2CCN3C(=O)OC(C)(C)C)c1=O. The maximum absolute atomic E-state index is 13.3. The number of benzene rings is 1. The van der Waals surface area contributed by atoms with Gasteiger partial charge in [0.1, 0.15) is 11.2 Å². The van der Waals surface area contributed by atoms with Crippen molar-refractivity contribution in [3.63, 3.8) is 0 Å². The molecule has 1 aliphatic heterocycles. The van der Waals surface area contributed by atoms with Crippen LogP contribution >= 0.6 is 0 Å². The molecular weight excluding hydrogens is 460 g/mol. The summed E-state index contributed by atoms with van der Waals surface area (Å²) >= 11 is 0. The van der Waals surface area contributed by atoms with Crippen LogP contribution in [0.3, 0.4) is 0 Å². The van der Waals surface area contributed by atoms with Gasteiger partial charge in [0.25, 0.3) is 17.4 Å². The van der Waals surface area contributed by atoms with Gasteiger partial charge in [-0.25, -0.2) is 4.79 Å². The van der Waals surface area contributed by atoms with Crippen molar-refractivity contribution < 1.29 is 19.1 Å². The standard InChI is InChI=1S/C27H34N4O5/c1-6-28-24(33)20-13-18(23(32)29-21-12-16(21)2)15-30(25(20)34)14-17-8-7-9-22-19(17)10-11-31(22)26(35)36-27(3,4)5/h7-9,13,15-16,21H,6,10-12,14H2,1-5H3,(H,28,33)(H,29,32)/t16-,21-/m1/s1. The predicted octanol–water partition coefficient (Wildman–Crippen LogP) is 3.08. The van der Waals surface area contributed by atoms with Crippen LogP contribution in [0.5, 0.6) is 0 Å². The van der Waals surface area contributed by atoms with Crippen molar-refractivity contribution in [1.29, 1.82) is 0 Å². The van der Waals surface area contributed by atoms with Crippen LogP contribution in [0.4, 0.5) is 10.5 Å². The first-order chi connectivity index (χ1) is 17.0. The van der Waals surface area contributed by atoms with E-state index in [1.165, 1.54) is 16.8 Å². The topological polar surface area (TPSA) is 110 Å². The third-order valence-corrected chi connectivity index (χ3v) is 6.44. The van der Waals surface area contributed by atoms with E-state index in [4.69, 9.17) is 4.74 Å². The quantitative estimate of drug-likeness (QED) is 0.641. The monoisotopic (exact) mass is 494 g/mol. The number of rotatable bonds is 6. The van der Waals surface area contributed by atoms with Crippen LogP contribution in [0.15, 0.2) is 35.3 Å². The molecule has 1 saturated carbocycles. The fourth-order valence-electron chi connectivity index (χ4n) is 4.42. The molecule has 9 heteroatoms. The number of fused-ring (bicyclic) bond motifs is 1. The van der Waals surface area contributed by atoms with E-state index in [9.17, 15) is 19.2 Å². The van der Waals surface area contributed by atoms with Gasteiger partial charge in [-0.1, -0.05) is 19.1 Å². The highest BCUT2D eigenvalue weighted by Crippen LogP contribution is 2.32. The van der Waals surface area contributed by atoms with Crippen LogP contribution in [0, 0.1) is 5.92 Å². The Morgan fingerprint density at radius 3 is 2.53 bits per heavy atom. The molecular formula is C27H34N4O5. The van der Waals surface area contributed by atoms with Crippen molar-refractivity contribution in [2.75, 3.05) is 18.0 Å². The molecule has 0 bridgehead atoms. The number of nitrogens with one attached hydrogen (secondary N) is 2. The highest BCUT2D eigenvalue weighted by molar-refractivity contribution is 5.99. The Kier molecular flexibility index (Phi) is 6.93. The third-order valence-electron chi connectivity index (χ3n) is 6.44. The molecule has 2 heterocycles. The molecule has 1 fully saturated rings. The minimum absolute atomic E-state index is 0.0729. The van der Waals surface area contributed by atoms with Gasteiger partial charge in [-0.2, -0.15) is 0 Å². The van der Waals surface area contributed by atoms with E-state index in [0.717, 1.165) is 23.2 Å². The first kappa shape index (κ1) is 25.5. The van der Waals surface area contributed by atoms with E-state index in [1.54, 1.807) is 11.8 Å². The average molecular weight is 495 g/mol. The van der Waals surface area contributed by atoms with E-state index in [1.807, 2.05) is 39.0 Å². The van der Waals surface area contributed by atoms with Crippen molar-refractivity contribution in [2.24, 2.45) is 5.92 Å². The molecule has 0 spiro atoms. The lowest BCUT2D eigenvalue weighted by Gasteiger charge is -2.25. The highest BCUT2D eigenvalue weighted by Gasteiger charge is 2.34. The van der Waals surface area contributed by atoms with Crippen LogP contribution in [-0.2, 0) is 17.7 Å². The third kappa shape index (κ3) is 5.45. The van der Waals surface area contributed by atoms with Gasteiger partial charge in [-0.3, -0.25) is 19.3 Å². The number of ether oxygens (including phenoxy) is 1. The molecule has 0 radical (unpaired) electrons. The van der Waals surface area contributed by atoms with Gasteiger partial charge in [-0.15, -0.1) is 0 Å². The molecule has 0 saturated heterocycles. The molecule has 3 amide bonds. The number of anilines is 1. The Balaban J connectivity index is 1.67. The van der Waals surface area contributed by atoms with Crippen molar-refractivity contribution in [3.8, 4) is 0 Å². The summed E-state index contributed by atoms with van der Waals surface area (Å²) < 4.78 is 6.95. The summed E-state index contributed by atoms with van der Waals surface area (Å²) in [5.41, 5.74) is 1.63. The van der Waals surface area contributed by atoms with Gasteiger partial charge in [0.15, 0.2) is 0 Å². The van der Waals surface area contributed by atoms with Crippen LogP contribution < -0.4 is 21.1 Å². The van der Waals surface area contributed by atoms with Crippen molar-refractivity contribution in [1.82, 2.24) is 15.2 Å². The summed E-state index contributed by atoms with van der Waals surface area (Å²) in [5.74, 6) is -0.402. The first-order valence-electron chi connectivity index (χ1n) is 12.4. The Bertz CT molecular complexity index is 1260. The summed E-state index contributed by atoms with van der Waals surface area (Å²) in [7, 11) is 0. The average Bonchev–Trinajstić information content (AvgIpc) is 3.30. The second-order valence-corrected chi connectivity index (χ2v) is 10.5. The Labute approximate surface area is 210 Å². The van der Waals surface area contributed by atoms with E-state index in [2.05, 4.69) is 17.6 Å². The number of hydrogen-bond acceptors (Lipinski definition) is 5. The van der Waals surface area contributed by atoms with E-state index in [0.29, 0.717) is 25.4 Å². The zero-order valence-corrected chi connectivity index (χ0v) is 21.5. The minimum Gasteiger partial charge on any atom is -0.443 e. The second kappa shape index (κ2) is 9.79. The molecule has 2 aromatic rings. The smallest absolute Gasteiger partial charge is 0.414 e. The predicted molar refractivity (Wildman–Crippen MR) is 137 cm³/mol. The summed E-state index contributed by atoms with van der Waals surface area (Å²) in [6.45, 7) is 10.3. The number of nitrogens with zero attached hydrogens (tertiary/aromatic N) is 2. The van der Waals surface area contributed by atoms with Gasteiger partial charge in [-0.05, 0) is 69.7 Å². The molecule has 4 rings (SSSR count). The molecule has 0 unspecified atom stereocenters. The number of hydrogen-bond donors (Lipinski definition) is 2. The summed E-state index contributed by atoms with van der Waals surface area (Å²) in [6.07, 6.45) is 2.62. The molecule has 192 valence electrons. The van der Waals surface area contributed by atoms with Crippen LogP contribution in [-0.4, -0.2) is 47.2 Å². The molecule has 1 aromatic heterocycles. The van der Waals surface area contributed by atoms with Crippen LogP contribution in [0.1, 0.15) is 72.9 Å². The number of carbonyl (C=O) groups is 3. The zero-order chi connectivity index (χ0) is 26.2. The zero-order valence-electron chi connectivity index (χ0n) is 21.5. The minimum atomic E-state index is -0.612. The van der Waals surface area contributed by atoms with Crippen LogP contribution in [0.25, 0.3) is 0 Å². The van der Waals surface area contributed by atoms with E-state index < -0.39 is 23.2 Å².